The summed E-state index contributed by atoms with van der Waals surface area (Å²) >= 11 is 0. The predicted molar refractivity (Wildman–Crippen MR) is 130 cm³/mol. The molecule has 0 radical (unpaired) electrons. The molecule has 34 heavy (non-hydrogen) atoms. The average molecular weight is 463 g/mol. The first kappa shape index (κ1) is 21.8. The zero-order chi connectivity index (χ0) is 23.3. The highest BCUT2D eigenvalue weighted by Gasteiger charge is 2.61. The van der Waals surface area contributed by atoms with Crippen molar-refractivity contribution < 1.29 is 9.69 Å². The molecule has 8 heteroatoms. The Morgan fingerprint density at radius 1 is 1.15 bits per heavy atom. The fourth-order valence-electron chi connectivity index (χ4n) is 7.71. The van der Waals surface area contributed by atoms with E-state index < -0.39 is 0 Å². The first-order valence-electron chi connectivity index (χ1n) is 13.0. The van der Waals surface area contributed by atoms with Gasteiger partial charge < -0.3 is 9.47 Å². The molecular weight excluding hydrogens is 426 g/mol. The van der Waals surface area contributed by atoms with Crippen LogP contribution in [0.3, 0.4) is 0 Å². The number of para-hydroxylation sites is 2. The van der Waals surface area contributed by atoms with Gasteiger partial charge in [0.2, 0.25) is 11.9 Å². The number of aromatic nitrogens is 5. The molecule has 2 aromatic heterocycles. The fraction of sp³-hybridized carbons (Fsp3) is 0.615. The van der Waals surface area contributed by atoms with E-state index in [1.165, 1.54) is 6.42 Å². The molecule has 4 saturated carbocycles. The number of rotatable bonds is 8. The number of likely N-dealkylation sites (N-methyl/N-ethyl adjacent to an activating group) is 1. The van der Waals surface area contributed by atoms with Crippen molar-refractivity contribution in [2.75, 3.05) is 25.0 Å². The zero-order valence-corrected chi connectivity index (χ0v) is 20.3. The molecule has 2 unspecified atom stereocenters. The van der Waals surface area contributed by atoms with Crippen LogP contribution in [0.5, 0.6) is 0 Å². The second-order valence-electron chi connectivity index (χ2n) is 11.0. The SMILES string of the molecule is CC[NH+](CC)CCn1c(NC(=O)C23CC4CC(C2)CC(n2cncn2)(C4)C3)nc2ccccc21. The summed E-state index contributed by atoms with van der Waals surface area (Å²) in [6.07, 6.45) is 9.78. The fourth-order valence-corrected chi connectivity index (χ4v) is 7.71. The van der Waals surface area contributed by atoms with Crippen molar-refractivity contribution in [3.8, 4) is 0 Å². The number of hydrogen-bond donors (Lipinski definition) is 2. The van der Waals surface area contributed by atoms with E-state index in [0.717, 1.165) is 69.3 Å². The van der Waals surface area contributed by atoms with Gasteiger partial charge >= 0.3 is 0 Å². The number of amides is 1. The minimum absolute atomic E-state index is 0.0653. The molecule has 2 N–H and O–H groups in total. The number of carbonyl (C=O) groups is 1. The summed E-state index contributed by atoms with van der Waals surface area (Å²) in [6.45, 7) is 8.51. The third kappa shape index (κ3) is 3.45. The van der Waals surface area contributed by atoms with Gasteiger partial charge in [-0.15, -0.1) is 0 Å². The molecule has 1 aromatic carbocycles. The molecule has 0 aliphatic heterocycles. The normalized spacial score (nSPS) is 29.9. The Labute approximate surface area is 200 Å². The lowest BCUT2D eigenvalue weighted by Gasteiger charge is -2.60. The van der Waals surface area contributed by atoms with Crippen molar-refractivity contribution in [3.05, 3.63) is 36.9 Å². The molecule has 0 spiro atoms. The molecule has 180 valence electrons. The van der Waals surface area contributed by atoms with Crippen LogP contribution in [0.1, 0.15) is 52.4 Å². The van der Waals surface area contributed by atoms with E-state index in [0.29, 0.717) is 17.8 Å². The van der Waals surface area contributed by atoms with Crippen LogP contribution in [0.2, 0.25) is 0 Å². The van der Waals surface area contributed by atoms with Crippen molar-refractivity contribution in [1.29, 1.82) is 0 Å². The highest BCUT2D eigenvalue weighted by molar-refractivity contribution is 5.96. The van der Waals surface area contributed by atoms with Gasteiger partial charge in [-0.2, -0.15) is 5.10 Å². The van der Waals surface area contributed by atoms with E-state index in [2.05, 4.69) is 50.6 Å². The number of anilines is 1. The Hall–Kier alpha value is -2.74. The Bertz CT molecular complexity index is 1170. The molecule has 8 nitrogen and oxygen atoms in total. The molecule has 2 atom stereocenters. The van der Waals surface area contributed by atoms with Crippen LogP contribution in [0, 0.1) is 17.3 Å². The van der Waals surface area contributed by atoms with Crippen molar-refractivity contribution in [1.82, 2.24) is 24.3 Å². The van der Waals surface area contributed by atoms with Crippen LogP contribution in [0.25, 0.3) is 11.0 Å². The Morgan fingerprint density at radius 2 is 1.91 bits per heavy atom. The lowest BCUT2D eigenvalue weighted by Crippen LogP contribution is -3.11. The number of nitrogens with one attached hydrogen (secondary N) is 2. The predicted octanol–water partition coefficient (Wildman–Crippen LogP) is 2.49. The standard InChI is InChI=1S/C26H35N7O/c1-3-31(4-2)9-10-32-22-8-6-5-7-21(22)29-24(32)30-23(34)25-12-19-11-20(13-25)15-26(14-19,16-25)33-18-27-17-28-33/h5-8,17-20H,3-4,9-16H2,1-2H3,(H,29,30,34)/p+1. The van der Waals surface area contributed by atoms with Crippen LogP contribution in [-0.4, -0.2) is 49.9 Å². The molecule has 4 aliphatic rings. The molecule has 4 bridgehead atoms. The third-order valence-corrected chi connectivity index (χ3v) is 8.99. The maximum absolute atomic E-state index is 14.0. The van der Waals surface area contributed by atoms with Crippen LogP contribution < -0.4 is 10.2 Å². The second-order valence-corrected chi connectivity index (χ2v) is 11.0. The van der Waals surface area contributed by atoms with Crippen LogP contribution in [-0.2, 0) is 16.9 Å². The number of nitrogens with zero attached hydrogens (tertiary/aromatic N) is 5. The number of quaternary nitrogens is 1. The van der Waals surface area contributed by atoms with Gasteiger partial charge in [-0.1, -0.05) is 12.1 Å². The Balaban J connectivity index is 1.30. The smallest absolute Gasteiger partial charge is 0.233 e. The topological polar surface area (TPSA) is 82.1 Å². The van der Waals surface area contributed by atoms with E-state index in [1.54, 1.807) is 11.2 Å². The van der Waals surface area contributed by atoms with E-state index in [9.17, 15) is 4.79 Å². The van der Waals surface area contributed by atoms with Crippen molar-refractivity contribution in [2.24, 2.45) is 17.3 Å². The summed E-state index contributed by atoms with van der Waals surface area (Å²) < 4.78 is 4.28. The van der Waals surface area contributed by atoms with Crippen LogP contribution in [0.4, 0.5) is 5.95 Å². The first-order valence-corrected chi connectivity index (χ1v) is 13.0. The number of hydrogen-bond acceptors (Lipinski definition) is 4. The van der Waals surface area contributed by atoms with Gasteiger partial charge in [-0.3, -0.25) is 10.1 Å². The summed E-state index contributed by atoms with van der Waals surface area (Å²) in [7, 11) is 0. The van der Waals surface area contributed by atoms with Crippen molar-refractivity contribution in [2.45, 2.75) is 64.5 Å². The van der Waals surface area contributed by atoms with Gasteiger partial charge in [0.25, 0.3) is 0 Å². The van der Waals surface area contributed by atoms with Crippen molar-refractivity contribution in [3.63, 3.8) is 0 Å². The highest BCUT2D eigenvalue weighted by Crippen LogP contribution is 2.64. The summed E-state index contributed by atoms with van der Waals surface area (Å²) in [5, 5.41) is 7.87. The second kappa shape index (κ2) is 8.18. The maximum Gasteiger partial charge on any atom is 0.233 e. The number of fused-ring (bicyclic) bond motifs is 1. The van der Waals surface area contributed by atoms with Gasteiger partial charge in [0.1, 0.15) is 12.7 Å². The van der Waals surface area contributed by atoms with Gasteiger partial charge in [-0.25, -0.2) is 14.6 Å². The quantitative estimate of drug-likeness (QED) is 0.539. The number of carbonyl (C=O) groups excluding carboxylic acids is 1. The molecule has 7 rings (SSSR count). The van der Waals surface area contributed by atoms with E-state index in [4.69, 9.17) is 4.98 Å². The molecular formula is C26H36N7O+. The van der Waals surface area contributed by atoms with Crippen LogP contribution in [0.15, 0.2) is 36.9 Å². The Kier molecular flexibility index (Phi) is 5.24. The van der Waals surface area contributed by atoms with Gasteiger partial charge in [0.05, 0.1) is 48.2 Å². The van der Waals surface area contributed by atoms with Crippen LogP contribution >= 0.6 is 0 Å². The van der Waals surface area contributed by atoms with Gasteiger partial charge in [0, 0.05) is 0 Å². The molecule has 0 saturated heterocycles. The van der Waals surface area contributed by atoms with Gasteiger partial charge in [0.15, 0.2) is 0 Å². The van der Waals surface area contributed by atoms with E-state index >= 15 is 0 Å². The summed E-state index contributed by atoms with van der Waals surface area (Å²) in [6, 6.07) is 8.22. The monoisotopic (exact) mass is 462 g/mol. The largest absolute Gasteiger partial charge is 0.334 e. The molecule has 3 aromatic rings. The van der Waals surface area contributed by atoms with Gasteiger partial charge in [-0.05, 0) is 76.3 Å². The molecule has 4 fully saturated rings. The van der Waals surface area contributed by atoms with E-state index in [1.807, 2.05) is 18.5 Å². The number of benzene rings is 1. The minimum atomic E-state index is -0.344. The molecule has 2 heterocycles. The van der Waals surface area contributed by atoms with Crippen molar-refractivity contribution >= 4 is 22.9 Å². The van der Waals surface area contributed by atoms with E-state index in [-0.39, 0.29) is 16.9 Å². The lowest BCUT2D eigenvalue weighted by molar-refractivity contribution is -0.897. The minimum Gasteiger partial charge on any atom is -0.334 e. The average Bonchev–Trinajstić information content (AvgIpc) is 3.48. The first-order chi connectivity index (χ1) is 16.5. The summed E-state index contributed by atoms with van der Waals surface area (Å²) in [4.78, 5) is 24.7. The molecule has 4 aliphatic carbocycles. The number of imidazole rings is 1. The summed E-state index contributed by atoms with van der Waals surface area (Å²) in [5.74, 6) is 2.02. The molecule has 1 amide bonds. The zero-order valence-electron chi connectivity index (χ0n) is 20.3. The summed E-state index contributed by atoms with van der Waals surface area (Å²) in [5.41, 5.74) is 1.62. The maximum atomic E-state index is 14.0. The Morgan fingerprint density at radius 3 is 2.62 bits per heavy atom. The highest BCUT2D eigenvalue weighted by atomic mass is 16.2. The third-order valence-electron chi connectivity index (χ3n) is 8.99. The lowest BCUT2D eigenvalue weighted by atomic mass is 9.46.